The van der Waals surface area contributed by atoms with Gasteiger partial charge in [0.15, 0.2) is 0 Å². The van der Waals surface area contributed by atoms with Crippen molar-refractivity contribution in [3.05, 3.63) is 47.5 Å². The lowest BCUT2D eigenvalue weighted by atomic mass is 10.1. The van der Waals surface area contributed by atoms with Crippen molar-refractivity contribution < 1.29 is 9.90 Å². The largest absolute Gasteiger partial charge is 0.478 e. The zero-order chi connectivity index (χ0) is 11.7. The molecule has 1 heterocycles. The van der Waals surface area contributed by atoms with Crippen LogP contribution in [0.1, 0.15) is 21.7 Å². The second kappa shape index (κ2) is 3.81. The van der Waals surface area contributed by atoms with E-state index >= 15 is 0 Å². The molecule has 0 aliphatic heterocycles. The monoisotopic (exact) mass is 216 g/mol. The van der Waals surface area contributed by atoms with Crippen LogP contribution in [0.25, 0.3) is 5.69 Å². The van der Waals surface area contributed by atoms with Crippen LogP contribution in [0.15, 0.2) is 30.6 Å². The summed E-state index contributed by atoms with van der Waals surface area (Å²) in [6.45, 7) is 3.66. The van der Waals surface area contributed by atoms with Gasteiger partial charge < -0.3 is 9.67 Å². The van der Waals surface area contributed by atoms with Gasteiger partial charge in [0.05, 0.1) is 5.56 Å². The van der Waals surface area contributed by atoms with Crippen molar-refractivity contribution in [3.63, 3.8) is 0 Å². The lowest BCUT2D eigenvalue weighted by Crippen LogP contribution is -2.03. The standard InChI is InChI=1S/C12H12N2O2/c1-8-3-4-10(7-11(8)12(15)16)14-6-5-13-9(14)2/h3-7H,1-2H3,(H,15,16). The van der Waals surface area contributed by atoms with Crippen molar-refractivity contribution in [2.24, 2.45) is 0 Å². The number of hydrogen-bond donors (Lipinski definition) is 1. The van der Waals surface area contributed by atoms with Crippen molar-refractivity contribution in [1.82, 2.24) is 9.55 Å². The normalized spacial score (nSPS) is 10.4. The molecule has 0 atom stereocenters. The van der Waals surface area contributed by atoms with Crippen LogP contribution in [0.5, 0.6) is 0 Å². The average Bonchev–Trinajstić information content (AvgIpc) is 2.65. The number of carboxylic acid groups (broad SMARTS) is 1. The molecule has 0 fully saturated rings. The quantitative estimate of drug-likeness (QED) is 0.837. The van der Waals surface area contributed by atoms with E-state index in [-0.39, 0.29) is 0 Å². The van der Waals surface area contributed by atoms with Gasteiger partial charge in [0, 0.05) is 18.1 Å². The Morgan fingerprint density at radius 1 is 1.38 bits per heavy atom. The molecule has 0 saturated heterocycles. The predicted octanol–water partition coefficient (Wildman–Crippen LogP) is 2.19. The number of imidazole rings is 1. The Balaban J connectivity index is 2.56. The summed E-state index contributed by atoms with van der Waals surface area (Å²) in [6, 6.07) is 5.35. The molecular weight excluding hydrogens is 204 g/mol. The first-order valence-electron chi connectivity index (χ1n) is 4.94. The van der Waals surface area contributed by atoms with Crippen LogP contribution in [0.4, 0.5) is 0 Å². The lowest BCUT2D eigenvalue weighted by molar-refractivity contribution is 0.0696. The molecule has 4 heteroatoms. The molecule has 16 heavy (non-hydrogen) atoms. The number of aromatic nitrogens is 2. The zero-order valence-corrected chi connectivity index (χ0v) is 9.14. The van der Waals surface area contributed by atoms with Crippen LogP contribution < -0.4 is 0 Å². The number of rotatable bonds is 2. The molecule has 2 aromatic rings. The van der Waals surface area contributed by atoms with E-state index in [1.165, 1.54) is 0 Å². The number of aromatic carboxylic acids is 1. The molecule has 0 saturated carbocycles. The molecule has 0 unspecified atom stereocenters. The van der Waals surface area contributed by atoms with Gasteiger partial charge in [-0.05, 0) is 31.5 Å². The summed E-state index contributed by atoms with van der Waals surface area (Å²) in [5.74, 6) is -0.0719. The molecule has 0 aliphatic rings. The van der Waals surface area contributed by atoms with E-state index in [1.807, 2.05) is 23.8 Å². The number of carbonyl (C=O) groups is 1. The molecule has 0 amide bonds. The Morgan fingerprint density at radius 2 is 2.12 bits per heavy atom. The molecule has 0 spiro atoms. The van der Waals surface area contributed by atoms with Gasteiger partial charge in [-0.25, -0.2) is 9.78 Å². The summed E-state index contributed by atoms with van der Waals surface area (Å²) in [7, 11) is 0. The Morgan fingerprint density at radius 3 is 2.69 bits per heavy atom. The summed E-state index contributed by atoms with van der Waals surface area (Å²) in [4.78, 5) is 15.1. The van der Waals surface area contributed by atoms with Crippen LogP contribution in [0.2, 0.25) is 0 Å². The van der Waals surface area contributed by atoms with Gasteiger partial charge in [-0.15, -0.1) is 0 Å². The first-order valence-corrected chi connectivity index (χ1v) is 4.94. The summed E-state index contributed by atoms with van der Waals surface area (Å²) >= 11 is 0. The SMILES string of the molecule is Cc1ccc(-n2ccnc2C)cc1C(=O)O. The number of aryl methyl sites for hydroxylation is 2. The van der Waals surface area contributed by atoms with Crippen LogP contribution in [0.3, 0.4) is 0 Å². The highest BCUT2D eigenvalue weighted by atomic mass is 16.4. The van der Waals surface area contributed by atoms with Gasteiger partial charge in [0.2, 0.25) is 0 Å². The molecule has 0 radical (unpaired) electrons. The van der Waals surface area contributed by atoms with Gasteiger partial charge in [0.25, 0.3) is 0 Å². The van der Waals surface area contributed by atoms with E-state index in [4.69, 9.17) is 5.11 Å². The maximum absolute atomic E-state index is 11.0. The molecule has 0 aliphatic carbocycles. The molecule has 82 valence electrons. The second-order valence-electron chi connectivity index (χ2n) is 3.65. The van der Waals surface area contributed by atoms with Crippen molar-refractivity contribution in [3.8, 4) is 5.69 Å². The fourth-order valence-corrected chi connectivity index (χ4v) is 1.64. The van der Waals surface area contributed by atoms with Crippen LogP contribution >= 0.6 is 0 Å². The van der Waals surface area contributed by atoms with E-state index in [1.54, 1.807) is 25.3 Å². The minimum absolute atomic E-state index is 0.325. The molecule has 2 rings (SSSR count). The third-order valence-electron chi connectivity index (χ3n) is 2.56. The van der Waals surface area contributed by atoms with Crippen molar-refractivity contribution in [2.75, 3.05) is 0 Å². The number of nitrogens with zero attached hydrogens (tertiary/aromatic N) is 2. The smallest absolute Gasteiger partial charge is 0.336 e. The number of benzene rings is 1. The van der Waals surface area contributed by atoms with E-state index in [0.717, 1.165) is 17.1 Å². The first-order chi connectivity index (χ1) is 7.59. The number of carboxylic acids is 1. The summed E-state index contributed by atoms with van der Waals surface area (Å²) in [6.07, 6.45) is 3.50. The lowest BCUT2D eigenvalue weighted by Gasteiger charge is -2.07. The summed E-state index contributed by atoms with van der Waals surface area (Å²) in [5.41, 5.74) is 1.90. The molecule has 0 bridgehead atoms. The maximum Gasteiger partial charge on any atom is 0.336 e. The van der Waals surface area contributed by atoms with E-state index < -0.39 is 5.97 Å². The average molecular weight is 216 g/mol. The van der Waals surface area contributed by atoms with E-state index in [9.17, 15) is 4.79 Å². The summed E-state index contributed by atoms with van der Waals surface area (Å²) in [5, 5.41) is 9.03. The van der Waals surface area contributed by atoms with Gasteiger partial charge in [-0.2, -0.15) is 0 Å². The highest BCUT2D eigenvalue weighted by Gasteiger charge is 2.09. The van der Waals surface area contributed by atoms with Crippen molar-refractivity contribution in [2.45, 2.75) is 13.8 Å². The molecular formula is C12H12N2O2. The van der Waals surface area contributed by atoms with Crippen LogP contribution in [-0.4, -0.2) is 20.6 Å². The molecule has 1 aromatic carbocycles. The highest BCUT2D eigenvalue weighted by Crippen LogP contribution is 2.16. The van der Waals surface area contributed by atoms with Crippen molar-refractivity contribution >= 4 is 5.97 Å². The minimum Gasteiger partial charge on any atom is -0.478 e. The Bertz CT molecular complexity index is 544. The fraction of sp³-hybridized carbons (Fsp3) is 0.167. The van der Waals surface area contributed by atoms with Gasteiger partial charge in [0.1, 0.15) is 5.82 Å². The zero-order valence-electron chi connectivity index (χ0n) is 9.14. The minimum atomic E-state index is -0.905. The topological polar surface area (TPSA) is 55.1 Å². The third-order valence-corrected chi connectivity index (χ3v) is 2.56. The van der Waals surface area contributed by atoms with Gasteiger partial charge in [-0.3, -0.25) is 0 Å². The first kappa shape index (κ1) is 10.4. The highest BCUT2D eigenvalue weighted by molar-refractivity contribution is 5.90. The van der Waals surface area contributed by atoms with Crippen LogP contribution in [0, 0.1) is 13.8 Å². The van der Waals surface area contributed by atoms with Gasteiger partial charge >= 0.3 is 5.97 Å². The maximum atomic E-state index is 11.0. The molecule has 1 N–H and O–H groups in total. The Kier molecular flexibility index (Phi) is 2.48. The fourth-order valence-electron chi connectivity index (χ4n) is 1.64. The third kappa shape index (κ3) is 1.69. The Labute approximate surface area is 93.2 Å². The Hall–Kier alpha value is -2.10. The molecule has 4 nitrogen and oxygen atoms in total. The predicted molar refractivity (Wildman–Crippen MR) is 60.0 cm³/mol. The van der Waals surface area contributed by atoms with E-state index in [0.29, 0.717) is 5.56 Å². The van der Waals surface area contributed by atoms with E-state index in [2.05, 4.69) is 4.98 Å². The molecule has 1 aromatic heterocycles. The summed E-state index contributed by atoms with van der Waals surface area (Å²) < 4.78 is 1.85. The van der Waals surface area contributed by atoms with Crippen molar-refractivity contribution in [1.29, 1.82) is 0 Å². The number of hydrogen-bond acceptors (Lipinski definition) is 2. The second-order valence-corrected chi connectivity index (χ2v) is 3.65. The van der Waals surface area contributed by atoms with Gasteiger partial charge in [-0.1, -0.05) is 6.07 Å². The van der Waals surface area contributed by atoms with Crippen LogP contribution in [-0.2, 0) is 0 Å².